The lowest BCUT2D eigenvalue weighted by molar-refractivity contribution is -0.384. The molecule has 0 spiro atoms. The molecule has 1 N–H and O–H groups in total. The van der Waals surface area contributed by atoms with E-state index >= 15 is 0 Å². The zero-order valence-corrected chi connectivity index (χ0v) is 12.9. The molecule has 1 amide bonds. The Morgan fingerprint density at radius 2 is 1.96 bits per heavy atom. The zero-order chi connectivity index (χ0) is 16.7. The Hall–Kier alpha value is -3.15. The number of benzene rings is 2. The number of H-pyrrole nitrogens is 1. The van der Waals surface area contributed by atoms with Crippen molar-refractivity contribution >= 4 is 28.2 Å². The van der Waals surface area contributed by atoms with Crippen LogP contribution in [-0.2, 0) is 6.42 Å². The third kappa shape index (κ3) is 2.23. The maximum Gasteiger partial charge on any atom is 0.269 e. The van der Waals surface area contributed by atoms with E-state index in [1.165, 1.54) is 29.8 Å². The molecule has 0 bridgehead atoms. The van der Waals surface area contributed by atoms with Crippen molar-refractivity contribution in [3.63, 3.8) is 0 Å². The third-order valence-electron chi connectivity index (χ3n) is 4.45. The fourth-order valence-corrected chi connectivity index (χ4v) is 3.30. The SMILES string of the molecule is O=C(c1ccc([N+](=O)[O-])cc1)N1CCCc2c[nH]c3cccc1c23. The molecule has 0 radical (unpaired) electrons. The predicted molar refractivity (Wildman–Crippen MR) is 91.4 cm³/mol. The van der Waals surface area contributed by atoms with Gasteiger partial charge < -0.3 is 9.88 Å². The summed E-state index contributed by atoms with van der Waals surface area (Å²) in [6, 6.07) is 11.7. The van der Waals surface area contributed by atoms with E-state index in [1.54, 1.807) is 4.90 Å². The molecule has 0 atom stereocenters. The molecule has 4 rings (SSSR count). The highest BCUT2D eigenvalue weighted by Crippen LogP contribution is 2.34. The summed E-state index contributed by atoms with van der Waals surface area (Å²) in [6.07, 6.45) is 3.80. The minimum atomic E-state index is -0.465. The van der Waals surface area contributed by atoms with Crippen molar-refractivity contribution in [2.75, 3.05) is 11.4 Å². The van der Waals surface area contributed by atoms with E-state index < -0.39 is 4.92 Å². The van der Waals surface area contributed by atoms with Gasteiger partial charge in [0.15, 0.2) is 0 Å². The fraction of sp³-hybridized carbons (Fsp3) is 0.167. The van der Waals surface area contributed by atoms with Gasteiger partial charge in [0.25, 0.3) is 11.6 Å². The molecular weight excluding hydrogens is 306 g/mol. The molecule has 3 aromatic rings. The number of hydrogen-bond donors (Lipinski definition) is 1. The van der Waals surface area contributed by atoms with Gasteiger partial charge >= 0.3 is 0 Å². The summed E-state index contributed by atoms with van der Waals surface area (Å²) in [5.41, 5.74) is 3.57. The summed E-state index contributed by atoms with van der Waals surface area (Å²) in [5, 5.41) is 11.9. The Morgan fingerprint density at radius 3 is 2.71 bits per heavy atom. The summed E-state index contributed by atoms with van der Waals surface area (Å²) < 4.78 is 0. The number of nitrogens with zero attached hydrogens (tertiary/aromatic N) is 2. The van der Waals surface area contributed by atoms with Crippen LogP contribution in [0.5, 0.6) is 0 Å². The Kier molecular flexibility index (Phi) is 3.30. The number of aromatic amines is 1. The Balaban J connectivity index is 1.76. The van der Waals surface area contributed by atoms with Crippen LogP contribution in [0, 0.1) is 10.1 Å². The summed E-state index contributed by atoms with van der Waals surface area (Å²) in [5.74, 6) is -0.133. The molecule has 24 heavy (non-hydrogen) atoms. The zero-order valence-electron chi connectivity index (χ0n) is 12.9. The second kappa shape index (κ2) is 5.49. The van der Waals surface area contributed by atoms with Crippen LogP contribution in [0.1, 0.15) is 22.3 Å². The first-order valence-corrected chi connectivity index (χ1v) is 7.80. The van der Waals surface area contributed by atoms with Crippen molar-refractivity contribution in [3.05, 3.63) is 69.9 Å². The maximum absolute atomic E-state index is 13.0. The average molecular weight is 321 g/mol. The van der Waals surface area contributed by atoms with Crippen LogP contribution in [-0.4, -0.2) is 22.4 Å². The topological polar surface area (TPSA) is 79.2 Å². The van der Waals surface area contributed by atoms with Crippen LogP contribution in [0.2, 0.25) is 0 Å². The monoisotopic (exact) mass is 321 g/mol. The van der Waals surface area contributed by atoms with Crippen LogP contribution >= 0.6 is 0 Å². The van der Waals surface area contributed by atoms with E-state index in [1.807, 2.05) is 24.4 Å². The van der Waals surface area contributed by atoms with Crippen molar-refractivity contribution in [1.29, 1.82) is 0 Å². The van der Waals surface area contributed by atoms with Crippen LogP contribution in [0.4, 0.5) is 11.4 Å². The van der Waals surface area contributed by atoms with E-state index in [-0.39, 0.29) is 11.6 Å². The highest BCUT2D eigenvalue weighted by molar-refractivity contribution is 6.11. The molecule has 1 aromatic heterocycles. The number of carbonyl (C=O) groups is 1. The Labute approximate surface area is 137 Å². The molecule has 2 heterocycles. The lowest BCUT2D eigenvalue weighted by atomic mass is 10.1. The van der Waals surface area contributed by atoms with Crippen molar-refractivity contribution in [2.24, 2.45) is 0 Å². The molecule has 6 heteroatoms. The van der Waals surface area contributed by atoms with E-state index in [9.17, 15) is 14.9 Å². The van der Waals surface area contributed by atoms with E-state index in [2.05, 4.69) is 4.98 Å². The quantitative estimate of drug-likeness (QED) is 0.578. The predicted octanol–water partition coefficient (Wildman–Crippen LogP) is 3.67. The van der Waals surface area contributed by atoms with Crippen molar-refractivity contribution < 1.29 is 9.72 Å². The highest BCUT2D eigenvalue weighted by atomic mass is 16.6. The molecule has 1 aliphatic rings. The summed E-state index contributed by atoms with van der Waals surface area (Å²) in [6.45, 7) is 0.629. The molecule has 0 saturated carbocycles. The van der Waals surface area contributed by atoms with E-state index in [4.69, 9.17) is 0 Å². The van der Waals surface area contributed by atoms with Crippen molar-refractivity contribution in [1.82, 2.24) is 4.98 Å². The first-order chi connectivity index (χ1) is 11.6. The van der Waals surface area contributed by atoms with Gasteiger partial charge in [-0.05, 0) is 42.7 Å². The molecule has 6 nitrogen and oxygen atoms in total. The molecule has 0 aliphatic carbocycles. The number of nitrogens with one attached hydrogen (secondary N) is 1. The van der Waals surface area contributed by atoms with Gasteiger partial charge in [0.2, 0.25) is 0 Å². The second-order valence-electron chi connectivity index (χ2n) is 5.88. The normalized spacial score (nSPS) is 13.8. The minimum absolute atomic E-state index is 0.0163. The minimum Gasteiger partial charge on any atom is -0.361 e. The number of nitro groups is 1. The third-order valence-corrected chi connectivity index (χ3v) is 4.45. The molecule has 0 unspecified atom stereocenters. The van der Waals surface area contributed by atoms with Gasteiger partial charge in [-0.25, -0.2) is 0 Å². The van der Waals surface area contributed by atoms with Crippen LogP contribution in [0.3, 0.4) is 0 Å². The number of anilines is 1. The van der Waals surface area contributed by atoms with Crippen LogP contribution in [0.25, 0.3) is 10.9 Å². The summed E-state index contributed by atoms with van der Waals surface area (Å²) >= 11 is 0. The molecule has 120 valence electrons. The lowest BCUT2D eigenvalue weighted by Gasteiger charge is -2.22. The van der Waals surface area contributed by atoms with Gasteiger partial charge in [-0.1, -0.05) is 6.07 Å². The number of aromatic nitrogens is 1. The maximum atomic E-state index is 13.0. The summed E-state index contributed by atoms with van der Waals surface area (Å²) in [4.78, 5) is 28.3. The van der Waals surface area contributed by atoms with Gasteiger partial charge in [0, 0.05) is 41.3 Å². The summed E-state index contributed by atoms with van der Waals surface area (Å²) in [7, 11) is 0. The van der Waals surface area contributed by atoms with Gasteiger partial charge in [-0.3, -0.25) is 14.9 Å². The number of aryl methyl sites for hydroxylation is 1. The van der Waals surface area contributed by atoms with Gasteiger partial charge in [0.05, 0.1) is 10.6 Å². The first kappa shape index (κ1) is 14.4. The largest absolute Gasteiger partial charge is 0.361 e. The molecule has 1 aliphatic heterocycles. The first-order valence-electron chi connectivity index (χ1n) is 7.80. The van der Waals surface area contributed by atoms with Crippen LogP contribution < -0.4 is 4.90 Å². The van der Waals surface area contributed by atoms with Crippen molar-refractivity contribution in [2.45, 2.75) is 12.8 Å². The number of amides is 1. The molecule has 0 saturated heterocycles. The molecular formula is C18H15N3O3. The number of rotatable bonds is 2. The smallest absolute Gasteiger partial charge is 0.269 e. The van der Waals surface area contributed by atoms with Gasteiger partial charge in [-0.15, -0.1) is 0 Å². The van der Waals surface area contributed by atoms with Gasteiger partial charge in [0.1, 0.15) is 0 Å². The number of hydrogen-bond acceptors (Lipinski definition) is 3. The van der Waals surface area contributed by atoms with Crippen molar-refractivity contribution in [3.8, 4) is 0 Å². The fourth-order valence-electron chi connectivity index (χ4n) is 3.30. The number of non-ortho nitro benzene ring substituents is 1. The molecule has 0 fully saturated rings. The van der Waals surface area contributed by atoms with E-state index in [0.717, 1.165) is 29.4 Å². The second-order valence-corrected chi connectivity index (χ2v) is 5.88. The molecule has 2 aromatic carbocycles. The van der Waals surface area contributed by atoms with Crippen LogP contribution in [0.15, 0.2) is 48.7 Å². The van der Waals surface area contributed by atoms with Gasteiger partial charge in [-0.2, -0.15) is 0 Å². The highest BCUT2D eigenvalue weighted by Gasteiger charge is 2.24. The van der Waals surface area contributed by atoms with E-state index in [0.29, 0.717) is 12.1 Å². The lowest BCUT2D eigenvalue weighted by Crippen LogP contribution is -2.31. The Morgan fingerprint density at radius 1 is 1.17 bits per heavy atom. The number of carbonyl (C=O) groups excluding carboxylic acids is 1. The average Bonchev–Trinajstić information content (AvgIpc) is 2.92. The Bertz CT molecular complexity index is 944. The number of nitro benzene ring substituents is 1. The standard InChI is InChI=1S/C18H15N3O3/c22-18(12-6-8-14(9-7-12)21(23)24)20-10-2-3-13-11-19-15-4-1-5-16(20)17(13)15/h1,4-9,11,19H,2-3,10H2.